The normalized spacial score (nSPS) is 10.6. The molecule has 7 nitrogen and oxygen atoms in total. The lowest BCUT2D eigenvalue weighted by molar-refractivity contribution is 0.0525. The number of nitrogens with zero attached hydrogens (tertiary/aromatic N) is 1. The van der Waals surface area contributed by atoms with Gasteiger partial charge in [-0.25, -0.2) is 9.59 Å². The summed E-state index contributed by atoms with van der Waals surface area (Å²) in [5.41, 5.74) is 3.25. The highest BCUT2D eigenvalue weighted by Gasteiger charge is 2.28. The number of rotatable bonds is 10. The number of pyridine rings is 1. The van der Waals surface area contributed by atoms with Gasteiger partial charge >= 0.3 is 11.9 Å². The molecule has 1 heterocycles. The molecule has 1 aromatic heterocycles. The Morgan fingerprint density at radius 3 is 1.89 bits per heavy atom. The third-order valence-corrected chi connectivity index (χ3v) is 5.61. The van der Waals surface area contributed by atoms with Crippen molar-refractivity contribution in [3.63, 3.8) is 0 Å². The molecule has 0 atom stereocenters. The first-order valence-electron chi connectivity index (χ1n) is 11.8. The summed E-state index contributed by atoms with van der Waals surface area (Å²) < 4.78 is 22.5. The van der Waals surface area contributed by atoms with Gasteiger partial charge in [0, 0.05) is 10.6 Å². The fourth-order valence-corrected chi connectivity index (χ4v) is 3.96. The number of esters is 2. The predicted molar refractivity (Wildman–Crippen MR) is 138 cm³/mol. The molecule has 0 N–H and O–H groups in total. The fourth-order valence-electron chi connectivity index (χ4n) is 3.84. The highest BCUT2D eigenvalue weighted by Crippen LogP contribution is 2.38. The number of aryl methyl sites for hydroxylation is 2. The zero-order valence-electron chi connectivity index (χ0n) is 21.1. The van der Waals surface area contributed by atoms with Crippen LogP contribution in [0.1, 0.15) is 58.4 Å². The average molecular weight is 512 g/mol. The molecule has 0 fully saturated rings. The molecule has 0 aliphatic carbocycles. The number of hydrogen-bond acceptors (Lipinski definition) is 7. The van der Waals surface area contributed by atoms with Crippen molar-refractivity contribution in [3.8, 4) is 22.6 Å². The van der Waals surface area contributed by atoms with Gasteiger partial charge in [0.15, 0.2) is 11.5 Å². The Hall–Kier alpha value is -3.58. The lowest BCUT2D eigenvalue weighted by Crippen LogP contribution is -2.17. The van der Waals surface area contributed by atoms with Crippen LogP contribution in [-0.4, -0.2) is 36.7 Å². The van der Waals surface area contributed by atoms with Crippen molar-refractivity contribution in [1.82, 2.24) is 4.98 Å². The molecule has 0 unspecified atom stereocenters. The molecular weight excluding hydrogens is 482 g/mol. The van der Waals surface area contributed by atoms with E-state index in [1.165, 1.54) is 0 Å². The maximum atomic E-state index is 13.0. The number of benzene rings is 2. The lowest BCUT2D eigenvalue weighted by Gasteiger charge is -2.19. The van der Waals surface area contributed by atoms with Gasteiger partial charge in [-0.2, -0.15) is 0 Å². The van der Waals surface area contributed by atoms with Crippen LogP contribution in [0, 0.1) is 13.8 Å². The van der Waals surface area contributed by atoms with Crippen molar-refractivity contribution < 1.29 is 28.5 Å². The summed E-state index contributed by atoms with van der Waals surface area (Å²) in [5, 5.41) is 0.649. The summed E-state index contributed by atoms with van der Waals surface area (Å²) >= 11 is 5.97. The Labute approximate surface area is 216 Å². The second kappa shape index (κ2) is 12.4. The molecule has 0 amide bonds. The van der Waals surface area contributed by atoms with Crippen molar-refractivity contribution >= 4 is 23.5 Å². The van der Waals surface area contributed by atoms with E-state index in [1.54, 1.807) is 58.0 Å². The standard InChI is InChI=1S/C28H30ClNO6/c1-6-33-23-15-20(11-14-22(23)36-16-19-9-12-21(29)13-10-19)26-24(27(31)34-7-2)17(4)30-18(5)25(26)28(32)35-8-3/h9-15H,6-8,16H2,1-5H3. The largest absolute Gasteiger partial charge is 0.490 e. The van der Waals surface area contributed by atoms with Gasteiger partial charge in [0.05, 0.1) is 42.3 Å². The minimum Gasteiger partial charge on any atom is -0.490 e. The van der Waals surface area contributed by atoms with Crippen molar-refractivity contribution in [1.29, 1.82) is 0 Å². The van der Waals surface area contributed by atoms with Crippen LogP contribution in [0.25, 0.3) is 11.1 Å². The van der Waals surface area contributed by atoms with E-state index < -0.39 is 11.9 Å². The van der Waals surface area contributed by atoms with Crippen LogP contribution in [0.5, 0.6) is 11.5 Å². The van der Waals surface area contributed by atoms with E-state index in [0.717, 1.165) is 5.56 Å². The molecule has 0 aliphatic rings. The van der Waals surface area contributed by atoms with E-state index in [0.29, 0.717) is 52.3 Å². The number of halogens is 1. The monoisotopic (exact) mass is 511 g/mol. The molecule has 2 aromatic carbocycles. The first-order chi connectivity index (χ1) is 17.3. The summed E-state index contributed by atoms with van der Waals surface area (Å²) in [6, 6.07) is 12.7. The number of hydrogen-bond donors (Lipinski definition) is 0. The molecule has 3 rings (SSSR count). The molecule has 36 heavy (non-hydrogen) atoms. The first kappa shape index (κ1) is 27.0. The number of ether oxygens (including phenoxy) is 4. The first-order valence-corrected chi connectivity index (χ1v) is 12.2. The number of aromatic nitrogens is 1. The predicted octanol–water partition coefficient (Wildman–Crippen LogP) is 6.35. The van der Waals surface area contributed by atoms with Gasteiger partial charge in [0.1, 0.15) is 6.61 Å². The Balaban J connectivity index is 2.14. The SMILES string of the molecule is CCOC(=O)c1c(C)nc(C)c(C(=O)OCC)c1-c1ccc(OCc2ccc(Cl)cc2)c(OCC)c1. The Morgan fingerprint density at radius 1 is 0.778 bits per heavy atom. The minimum absolute atomic E-state index is 0.183. The van der Waals surface area contributed by atoms with Gasteiger partial charge in [0.2, 0.25) is 0 Å². The maximum Gasteiger partial charge on any atom is 0.340 e. The molecule has 0 aliphatic heterocycles. The molecule has 190 valence electrons. The smallest absolute Gasteiger partial charge is 0.340 e. The molecular formula is C28H30ClNO6. The topological polar surface area (TPSA) is 84.0 Å². The summed E-state index contributed by atoms with van der Waals surface area (Å²) in [5.74, 6) is -0.137. The fraction of sp³-hybridized carbons (Fsp3) is 0.321. The number of carbonyl (C=O) groups excluding carboxylic acids is 2. The molecule has 0 spiro atoms. The van der Waals surface area contributed by atoms with Crippen molar-refractivity contribution in [2.45, 2.75) is 41.2 Å². The van der Waals surface area contributed by atoms with Crippen molar-refractivity contribution in [3.05, 3.63) is 75.6 Å². The quantitative estimate of drug-likeness (QED) is 0.293. The van der Waals surface area contributed by atoms with Gasteiger partial charge in [-0.1, -0.05) is 29.8 Å². The van der Waals surface area contributed by atoms with Crippen molar-refractivity contribution in [2.24, 2.45) is 0 Å². The van der Waals surface area contributed by atoms with E-state index >= 15 is 0 Å². The Bertz CT molecular complexity index is 1200. The van der Waals surface area contributed by atoms with Crippen LogP contribution in [0.3, 0.4) is 0 Å². The van der Waals surface area contributed by atoms with Crippen molar-refractivity contribution in [2.75, 3.05) is 19.8 Å². The van der Waals surface area contributed by atoms with Crippen LogP contribution in [0.4, 0.5) is 0 Å². The van der Waals surface area contributed by atoms with E-state index in [9.17, 15) is 9.59 Å². The van der Waals surface area contributed by atoms with Gasteiger partial charge in [0.25, 0.3) is 0 Å². The summed E-state index contributed by atoms with van der Waals surface area (Å²) in [6.45, 7) is 9.81. The zero-order chi connectivity index (χ0) is 26.2. The van der Waals surface area contributed by atoms with Gasteiger partial charge in [-0.15, -0.1) is 0 Å². The maximum absolute atomic E-state index is 13.0. The van der Waals surface area contributed by atoms with E-state index in [-0.39, 0.29) is 24.3 Å². The summed E-state index contributed by atoms with van der Waals surface area (Å²) in [7, 11) is 0. The molecule has 0 saturated heterocycles. The second-order valence-electron chi connectivity index (χ2n) is 7.86. The average Bonchev–Trinajstić information content (AvgIpc) is 2.84. The highest BCUT2D eigenvalue weighted by molar-refractivity contribution is 6.30. The third kappa shape index (κ3) is 6.15. The molecule has 0 saturated carbocycles. The highest BCUT2D eigenvalue weighted by atomic mass is 35.5. The Kier molecular flexibility index (Phi) is 9.31. The molecule has 0 radical (unpaired) electrons. The van der Waals surface area contributed by atoms with Gasteiger partial charge in [-0.05, 0) is 70.0 Å². The lowest BCUT2D eigenvalue weighted by atomic mass is 9.92. The molecule has 8 heteroatoms. The van der Waals surface area contributed by atoms with Crippen LogP contribution in [-0.2, 0) is 16.1 Å². The molecule has 3 aromatic rings. The molecule has 0 bridgehead atoms. The summed E-state index contributed by atoms with van der Waals surface area (Å²) in [4.78, 5) is 30.4. The van der Waals surface area contributed by atoms with E-state index in [2.05, 4.69) is 4.98 Å². The van der Waals surface area contributed by atoms with Crippen LogP contribution < -0.4 is 9.47 Å². The van der Waals surface area contributed by atoms with Crippen LogP contribution in [0.15, 0.2) is 42.5 Å². The van der Waals surface area contributed by atoms with Crippen LogP contribution >= 0.6 is 11.6 Å². The Morgan fingerprint density at radius 2 is 1.36 bits per heavy atom. The van der Waals surface area contributed by atoms with Crippen LogP contribution in [0.2, 0.25) is 5.02 Å². The second-order valence-corrected chi connectivity index (χ2v) is 8.29. The number of carbonyl (C=O) groups is 2. The minimum atomic E-state index is -0.566. The summed E-state index contributed by atoms with van der Waals surface area (Å²) in [6.07, 6.45) is 0. The zero-order valence-corrected chi connectivity index (χ0v) is 21.9. The van der Waals surface area contributed by atoms with E-state index in [4.69, 9.17) is 30.5 Å². The third-order valence-electron chi connectivity index (χ3n) is 5.36. The van der Waals surface area contributed by atoms with Gasteiger partial charge < -0.3 is 18.9 Å². The van der Waals surface area contributed by atoms with Gasteiger partial charge in [-0.3, -0.25) is 4.98 Å². The van der Waals surface area contributed by atoms with E-state index in [1.807, 2.05) is 19.1 Å².